The first kappa shape index (κ1) is 33.1. The standard InChI is InChI=1S/C34H36BrF3N6O3S/c1-42-11-13-43(14-12-42)20-25-9-10-26(46-25)21-48-16-2-15-45-31-17-27-29(18-28(31)35)44(23-5-6-23)30-19-39-41-33(32(27)30)40-22-3-7-24(8-4-22)47-34(36,37)38/h3-4,7-10,17-19,23H,2,5-6,11-16,20-21H2,1H3,(H,40,41). The Bertz CT molecular complexity index is 1870. The van der Waals surface area contributed by atoms with Gasteiger partial charge in [-0.25, -0.2) is 0 Å². The SMILES string of the molecule is CN1CCN(Cc2ccc(CSCCCOc3cc4c5c(Nc6ccc(OC(F)(F)F)cc6)nncc5n(C5CC5)c4cc3Br)o2)CC1. The number of halogens is 4. The van der Waals surface area contributed by atoms with Gasteiger partial charge in [-0.1, -0.05) is 0 Å². The van der Waals surface area contributed by atoms with Gasteiger partial charge in [0, 0.05) is 43.3 Å². The van der Waals surface area contributed by atoms with Crippen molar-refractivity contribution < 1.29 is 27.1 Å². The molecule has 14 heteroatoms. The lowest BCUT2D eigenvalue weighted by atomic mass is 10.2. The molecule has 1 saturated heterocycles. The fourth-order valence-electron chi connectivity index (χ4n) is 6.03. The second-order valence-electron chi connectivity index (χ2n) is 12.3. The number of piperazine rings is 1. The third-order valence-corrected chi connectivity index (χ3v) is 10.2. The van der Waals surface area contributed by atoms with E-state index in [0.717, 1.165) is 107 Å². The molecule has 48 heavy (non-hydrogen) atoms. The van der Waals surface area contributed by atoms with Crippen molar-refractivity contribution in [1.29, 1.82) is 0 Å². The Morgan fingerprint density at radius 2 is 1.79 bits per heavy atom. The maximum Gasteiger partial charge on any atom is 0.573 e. The summed E-state index contributed by atoms with van der Waals surface area (Å²) in [5.74, 6) is 4.75. The molecule has 4 heterocycles. The lowest BCUT2D eigenvalue weighted by molar-refractivity contribution is -0.274. The monoisotopic (exact) mass is 744 g/mol. The van der Waals surface area contributed by atoms with Crippen molar-refractivity contribution in [3.8, 4) is 11.5 Å². The highest BCUT2D eigenvalue weighted by atomic mass is 79.9. The minimum atomic E-state index is -4.75. The number of ether oxygens (including phenoxy) is 2. The molecule has 1 N–H and O–H groups in total. The predicted molar refractivity (Wildman–Crippen MR) is 185 cm³/mol. The van der Waals surface area contributed by atoms with Crippen molar-refractivity contribution in [3.63, 3.8) is 0 Å². The molecule has 7 rings (SSSR count). The number of likely N-dealkylation sites (N-methyl/N-ethyl adjacent to an activating group) is 1. The summed E-state index contributed by atoms with van der Waals surface area (Å²) in [5.41, 5.74) is 2.54. The van der Waals surface area contributed by atoms with Crippen LogP contribution in [0, 0.1) is 0 Å². The third-order valence-electron chi connectivity index (χ3n) is 8.56. The van der Waals surface area contributed by atoms with E-state index in [1.54, 1.807) is 6.20 Å². The van der Waals surface area contributed by atoms with Crippen molar-refractivity contribution in [2.45, 2.75) is 44.0 Å². The summed E-state index contributed by atoms with van der Waals surface area (Å²) in [7, 11) is 2.16. The summed E-state index contributed by atoms with van der Waals surface area (Å²) in [6.45, 7) is 5.75. The Balaban J connectivity index is 0.997. The molecule has 3 aromatic heterocycles. The highest BCUT2D eigenvalue weighted by Gasteiger charge is 2.31. The topological polar surface area (TPSA) is 80.8 Å². The summed E-state index contributed by atoms with van der Waals surface area (Å²) in [5, 5.41) is 13.7. The zero-order valence-corrected chi connectivity index (χ0v) is 28.8. The van der Waals surface area contributed by atoms with Crippen molar-refractivity contribution >= 4 is 61.0 Å². The fourth-order valence-corrected chi connectivity index (χ4v) is 7.29. The smallest absolute Gasteiger partial charge is 0.492 e. The Morgan fingerprint density at radius 3 is 2.54 bits per heavy atom. The van der Waals surface area contributed by atoms with E-state index in [9.17, 15) is 13.2 Å². The maximum atomic E-state index is 12.6. The molecule has 1 saturated carbocycles. The van der Waals surface area contributed by atoms with Gasteiger partial charge in [0.25, 0.3) is 0 Å². The zero-order valence-electron chi connectivity index (χ0n) is 26.4. The first-order valence-electron chi connectivity index (χ1n) is 16.0. The lowest BCUT2D eigenvalue weighted by Gasteiger charge is -2.31. The van der Waals surface area contributed by atoms with E-state index in [1.165, 1.54) is 24.3 Å². The minimum Gasteiger partial charge on any atom is -0.492 e. The largest absolute Gasteiger partial charge is 0.573 e. The molecule has 2 aliphatic rings. The average molecular weight is 746 g/mol. The second-order valence-corrected chi connectivity index (χ2v) is 14.2. The quantitative estimate of drug-likeness (QED) is 0.120. The van der Waals surface area contributed by atoms with Gasteiger partial charge in [0.1, 0.15) is 23.0 Å². The highest BCUT2D eigenvalue weighted by Crippen LogP contribution is 2.46. The van der Waals surface area contributed by atoms with Gasteiger partial charge in [0.05, 0.1) is 46.0 Å². The molecule has 0 bridgehead atoms. The van der Waals surface area contributed by atoms with E-state index in [0.29, 0.717) is 24.2 Å². The Labute approximate surface area is 288 Å². The van der Waals surface area contributed by atoms with Crippen LogP contribution >= 0.6 is 27.7 Å². The summed E-state index contributed by atoms with van der Waals surface area (Å²) < 4.78 is 57.4. The van der Waals surface area contributed by atoms with E-state index in [-0.39, 0.29) is 5.75 Å². The molecule has 0 atom stereocenters. The van der Waals surface area contributed by atoms with Crippen LogP contribution in [-0.4, -0.2) is 76.5 Å². The first-order chi connectivity index (χ1) is 23.2. The molecular formula is C34H36BrF3N6O3S. The number of rotatable bonds is 13. The number of nitrogens with one attached hydrogen (secondary N) is 1. The van der Waals surface area contributed by atoms with Gasteiger partial charge in [0.15, 0.2) is 5.82 Å². The molecule has 1 aliphatic heterocycles. The number of hydrogen-bond donors (Lipinski definition) is 1. The number of benzene rings is 2. The van der Waals surface area contributed by atoms with Crippen LogP contribution in [0.5, 0.6) is 11.5 Å². The Hall–Kier alpha value is -3.46. The van der Waals surface area contributed by atoms with Crippen LogP contribution in [0.25, 0.3) is 21.8 Å². The lowest BCUT2D eigenvalue weighted by Crippen LogP contribution is -2.43. The van der Waals surface area contributed by atoms with Crippen molar-refractivity contribution in [2.75, 3.05) is 50.9 Å². The number of furan rings is 1. The van der Waals surface area contributed by atoms with Crippen LogP contribution in [0.15, 0.2) is 63.6 Å². The van der Waals surface area contributed by atoms with Crippen LogP contribution in [0.4, 0.5) is 24.7 Å². The van der Waals surface area contributed by atoms with Gasteiger partial charge in [-0.3, -0.25) is 4.90 Å². The van der Waals surface area contributed by atoms with Crippen LogP contribution < -0.4 is 14.8 Å². The summed E-state index contributed by atoms with van der Waals surface area (Å²) in [6.07, 6.45) is 0.0409. The van der Waals surface area contributed by atoms with Crippen LogP contribution in [0.2, 0.25) is 0 Å². The molecule has 9 nitrogen and oxygen atoms in total. The summed E-state index contributed by atoms with van der Waals surface area (Å²) in [6, 6.07) is 14.2. The molecular weight excluding hydrogens is 709 g/mol. The van der Waals surface area contributed by atoms with Gasteiger partial charge in [-0.15, -0.1) is 18.3 Å². The number of hydrogen-bond acceptors (Lipinski definition) is 9. The van der Waals surface area contributed by atoms with Gasteiger partial charge < -0.3 is 28.7 Å². The molecule has 1 aliphatic carbocycles. The van der Waals surface area contributed by atoms with Crippen LogP contribution in [0.3, 0.4) is 0 Å². The molecule has 0 radical (unpaired) electrons. The predicted octanol–water partition coefficient (Wildman–Crippen LogP) is 8.37. The van der Waals surface area contributed by atoms with Gasteiger partial charge in [-0.05, 0) is 96.5 Å². The molecule has 5 aromatic rings. The van der Waals surface area contributed by atoms with Crippen LogP contribution in [-0.2, 0) is 12.3 Å². The van der Waals surface area contributed by atoms with E-state index in [1.807, 2.05) is 17.8 Å². The Kier molecular flexibility index (Phi) is 9.77. The van der Waals surface area contributed by atoms with Gasteiger partial charge in [-0.2, -0.15) is 16.9 Å². The maximum absolute atomic E-state index is 12.6. The van der Waals surface area contributed by atoms with Crippen molar-refractivity contribution in [3.05, 3.63) is 70.7 Å². The third kappa shape index (κ3) is 7.88. The Morgan fingerprint density at radius 1 is 1.02 bits per heavy atom. The zero-order chi connectivity index (χ0) is 33.3. The van der Waals surface area contributed by atoms with Crippen molar-refractivity contribution in [2.24, 2.45) is 0 Å². The number of alkyl halides is 3. The van der Waals surface area contributed by atoms with Crippen molar-refractivity contribution in [1.82, 2.24) is 24.6 Å². The first-order valence-corrected chi connectivity index (χ1v) is 18.0. The molecule has 2 aromatic carbocycles. The molecule has 0 unspecified atom stereocenters. The number of anilines is 2. The molecule has 0 amide bonds. The van der Waals surface area contributed by atoms with Gasteiger partial charge >= 0.3 is 6.36 Å². The number of thioether (sulfide) groups is 1. The normalized spacial score (nSPS) is 16.2. The summed E-state index contributed by atoms with van der Waals surface area (Å²) >= 11 is 5.57. The van der Waals surface area contributed by atoms with Gasteiger partial charge in [0.2, 0.25) is 0 Å². The highest BCUT2D eigenvalue weighted by molar-refractivity contribution is 9.10. The van der Waals surface area contributed by atoms with E-state index in [4.69, 9.17) is 9.15 Å². The number of nitrogens with zero attached hydrogens (tertiary/aromatic N) is 5. The fraction of sp³-hybridized carbons (Fsp3) is 0.412. The second kappa shape index (κ2) is 14.2. The van der Waals surface area contributed by atoms with E-state index >= 15 is 0 Å². The summed E-state index contributed by atoms with van der Waals surface area (Å²) in [4.78, 5) is 4.79. The number of aromatic nitrogens is 3. The molecule has 0 spiro atoms. The van der Waals surface area contributed by atoms with E-state index in [2.05, 4.69) is 75.8 Å². The van der Waals surface area contributed by atoms with E-state index < -0.39 is 6.36 Å². The molecule has 254 valence electrons. The number of fused-ring (bicyclic) bond motifs is 3. The minimum absolute atomic E-state index is 0.292. The van der Waals surface area contributed by atoms with Crippen LogP contribution in [0.1, 0.15) is 36.8 Å². The molecule has 2 fully saturated rings. The average Bonchev–Trinajstić information content (AvgIpc) is 3.70.